The van der Waals surface area contributed by atoms with Crippen molar-refractivity contribution in [3.05, 3.63) is 17.1 Å². The molecule has 1 rings (SSSR count). The third-order valence-electron chi connectivity index (χ3n) is 3.57. The molecular weight excluding hydrogens is 226 g/mol. The second kappa shape index (κ2) is 6.14. The van der Waals surface area contributed by atoms with Gasteiger partial charge in [0, 0.05) is 17.9 Å². The first-order valence-electron chi connectivity index (χ1n) is 6.81. The van der Waals surface area contributed by atoms with Gasteiger partial charge in [-0.15, -0.1) is 0 Å². The van der Waals surface area contributed by atoms with Gasteiger partial charge in [-0.3, -0.25) is 0 Å². The van der Waals surface area contributed by atoms with E-state index in [1.54, 1.807) is 0 Å². The first-order valence-corrected chi connectivity index (χ1v) is 6.81. The molecule has 0 saturated heterocycles. The maximum atomic E-state index is 6.03. The topological polar surface area (TPSA) is 61.0 Å². The molecule has 0 atom stereocenters. The summed E-state index contributed by atoms with van der Waals surface area (Å²) in [6, 6.07) is 0. The van der Waals surface area contributed by atoms with Crippen LogP contribution in [-0.2, 0) is 16.8 Å². The van der Waals surface area contributed by atoms with Crippen LogP contribution in [0.4, 0.5) is 5.82 Å². The van der Waals surface area contributed by atoms with Gasteiger partial charge >= 0.3 is 0 Å². The van der Waals surface area contributed by atoms with Crippen molar-refractivity contribution in [2.45, 2.75) is 59.5 Å². The van der Waals surface area contributed by atoms with Gasteiger partial charge in [-0.1, -0.05) is 20.8 Å². The third-order valence-corrected chi connectivity index (χ3v) is 3.57. The van der Waals surface area contributed by atoms with Crippen LogP contribution in [0.15, 0.2) is 0 Å². The number of nitrogens with two attached hydrogens (primary N) is 1. The van der Waals surface area contributed by atoms with Crippen LogP contribution in [0.5, 0.6) is 0 Å². The van der Waals surface area contributed by atoms with Crippen molar-refractivity contribution in [1.29, 1.82) is 0 Å². The van der Waals surface area contributed by atoms with E-state index in [0.717, 1.165) is 36.3 Å². The zero-order valence-electron chi connectivity index (χ0n) is 12.2. The molecule has 0 unspecified atom stereocenters. The molecule has 0 amide bonds. The van der Waals surface area contributed by atoms with Crippen molar-refractivity contribution in [3.8, 4) is 0 Å². The standard InChI is InChI=1S/C14H25N3O/c1-6-11-10(5)16-13(17-12(11)15)14(7-2,8-3)18-9-4/h6-9H2,1-5H3,(H2,15,16,17). The van der Waals surface area contributed by atoms with E-state index in [-0.39, 0.29) is 0 Å². The van der Waals surface area contributed by atoms with Gasteiger partial charge in [0.25, 0.3) is 0 Å². The Morgan fingerprint density at radius 3 is 2.11 bits per heavy atom. The van der Waals surface area contributed by atoms with Crippen LogP contribution in [0.2, 0.25) is 0 Å². The van der Waals surface area contributed by atoms with Crippen LogP contribution in [0.25, 0.3) is 0 Å². The van der Waals surface area contributed by atoms with Gasteiger partial charge in [-0.05, 0) is 33.1 Å². The minimum atomic E-state index is -0.403. The van der Waals surface area contributed by atoms with E-state index >= 15 is 0 Å². The van der Waals surface area contributed by atoms with Gasteiger partial charge in [0.05, 0.1) is 0 Å². The molecule has 1 aromatic rings. The van der Waals surface area contributed by atoms with Crippen molar-refractivity contribution in [2.75, 3.05) is 12.3 Å². The predicted molar refractivity (Wildman–Crippen MR) is 74.4 cm³/mol. The molecule has 2 N–H and O–H groups in total. The van der Waals surface area contributed by atoms with Crippen LogP contribution in [-0.4, -0.2) is 16.6 Å². The number of ether oxygens (including phenoxy) is 1. The Kier molecular flexibility index (Phi) is 5.08. The molecule has 0 bridgehead atoms. The van der Waals surface area contributed by atoms with E-state index in [9.17, 15) is 0 Å². The highest BCUT2D eigenvalue weighted by atomic mass is 16.5. The van der Waals surface area contributed by atoms with Gasteiger partial charge in [0.15, 0.2) is 5.82 Å². The summed E-state index contributed by atoms with van der Waals surface area (Å²) >= 11 is 0. The highest BCUT2D eigenvalue weighted by Gasteiger charge is 2.33. The lowest BCUT2D eigenvalue weighted by Crippen LogP contribution is -2.31. The fourth-order valence-electron chi connectivity index (χ4n) is 2.37. The number of rotatable bonds is 6. The normalized spacial score (nSPS) is 11.8. The lowest BCUT2D eigenvalue weighted by atomic mass is 9.95. The average molecular weight is 251 g/mol. The summed E-state index contributed by atoms with van der Waals surface area (Å²) < 4.78 is 5.92. The molecule has 4 nitrogen and oxygen atoms in total. The average Bonchev–Trinajstić information content (AvgIpc) is 2.35. The van der Waals surface area contributed by atoms with E-state index in [2.05, 4.69) is 30.7 Å². The lowest BCUT2D eigenvalue weighted by molar-refractivity contribution is -0.0571. The number of anilines is 1. The Hall–Kier alpha value is -1.16. The summed E-state index contributed by atoms with van der Waals surface area (Å²) in [4.78, 5) is 9.10. The predicted octanol–water partition coefficient (Wildman–Crippen LogP) is 2.98. The second-order valence-corrected chi connectivity index (χ2v) is 4.48. The van der Waals surface area contributed by atoms with Crippen LogP contribution >= 0.6 is 0 Å². The summed E-state index contributed by atoms with van der Waals surface area (Å²) in [5.74, 6) is 1.31. The van der Waals surface area contributed by atoms with E-state index in [4.69, 9.17) is 10.5 Å². The van der Waals surface area contributed by atoms with Crippen LogP contribution < -0.4 is 5.73 Å². The Morgan fingerprint density at radius 1 is 1.11 bits per heavy atom. The summed E-state index contributed by atoms with van der Waals surface area (Å²) in [7, 11) is 0. The molecular formula is C14H25N3O. The fraction of sp³-hybridized carbons (Fsp3) is 0.714. The molecule has 0 radical (unpaired) electrons. The highest BCUT2D eigenvalue weighted by molar-refractivity contribution is 5.42. The molecule has 0 aliphatic rings. The number of nitrogens with zero attached hydrogens (tertiary/aromatic N) is 2. The van der Waals surface area contributed by atoms with Crippen molar-refractivity contribution in [2.24, 2.45) is 0 Å². The van der Waals surface area contributed by atoms with Crippen LogP contribution in [0.1, 0.15) is 57.6 Å². The van der Waals surface area contributed by atoms with Gasteiger partial charge < -0.3 is 10.5 Å². The Labute approximate surface area is 110 Å². The van der Waals surface area contributed by atoms with Crippen LogP contribution in [0, 0.1) is 6.92 Å². The smallest absolute Gasteiger partial charge is 0.162 e. The summed E-state index contributed by atoms with van der Waals surface area (Å²) in [6.45, 7) is 10.9. The first kappa shape index (κ1) is 14.9. The van der Waals surface area contributed by atoms with E-state index in [0.29, 0.717) is 12.4 Å². The van der Waals surface area contributed by atoms with E-state index in [1.807, 2.05) is 13.8 Å². The molecule has 0 aliphatic carbocycles. The zero-order chi connectivity index (χ0) is 13.8. The van der Waals surface area contributed by atoms with Gasteiger partial charge in [-0.25, -0.2) is 9.97 Å². The van der Waals surface area contributed by atoms with Crippen molar-refractivity contribution >= 4 is 5.82 Å². The summed E-state index contributed by atoms with van der Waals surface area (Å²) in [5, 5.41) is 0. The molecule has 1 heterocycles. The van der Waals surface area contributed by atoms with E-state index in [1.165, 1.54) is 0 Å². The summed E-state index contributed by atoms with van der Waals surface area (Å²) in [6.07, 6.45) is 2.56. The molecule has 4 heteroatoms. The number of hydrogen-bond acceptors (Lipinski definition) is 4. The molecule has 0 saturated carbocycles. The molecule has 0 fully saturated rings. The molecule has 102 valence electrons. The largest absolute Gasteiger partial charge is 0.383 e. The molecule has 0 aliphatic heterocycles. The summed E-state index contributed by atoms with van der Waals surface area (Å²) in [5.41, 5.74) is 7.63. The van der Waals surface area contributed by atoms with Crippen LogP contribution in [0.3, 0.4) is 0 Å². The van der Waals surface area contributed by atoms with E-state index < -0.39 is 5.60 Å². The van der Waals surface area contributed by atoms with Crippen molar-refractivity contribution < 1.29 is 4.74 Å². The second-order valence-electron chi connectivity index (χ2n) is 4.48. The highest BCUT2D eigenvalue weighted by Crippen LogP contribution is 2.32. The van der Waals surface area contributed by atoms with Crippen molar-refractivity contribution in [1.82, 2.24) is 9.97 Å². The maximum absolute atomic E-state index is 6.03. The maximum Gasteiger partial charge on any atom is 0.162 e. The zero-order valence-corrected chi connectivity index (χ0v) is 12.2. The SMILES string of the molecule is CCOC(CC)(CC)c1nc(C)c(CC)c(N)n1. The monoisotopic (exact) mass is 251 g/mol. The number of nitrogen functional groups attached to an aromatic ring is 1. The Balaban J connectivity index is 3.30. The van der Waals surface area contributed by atoms with Gasteiger partial charge in [0.2, 0.25) is 0 Å². The molecule has 18 heavy (non-hydrogen) atoms. The minimum Gasteiger partial charge on any atom is -0.383 e. The first-order chi connectivity index (χ1) is 8.54. The fourth-order valence-corrected chi connectivity index (χ4v) is 2.37. The molecule has 0 spiro atoms. The molecule has 1 aromatic heterocycles. The van der Waals surface area contributed by atoms with Gasteiger partial charge in [0.1, 0.15) is 11.4 Å². The molecule has 0 aromatic carbocycles. The van der Waals surface area contributed by atoms with Gasteiger partial charge in [-0.2, -0.15) is 0 Å². The van der Waals surface area contributed by atoms with Crippen molar-refractivity contribution in [3.63, 3.8) is 0 Å². The minimum absolute atomic E-state index is 0.403. The third kappa shape index (κ3) is 2.64. The Morgan fingerprint density at radius 2 is 1.72 bits per heavy atom. The number of aromatic nitrogens is 2. The Bertz CT molecular complexity index is 377. The number of hydrogen-bond donors (Lipinski definition) is 1. The quantitative estimate of drug-likeness (QED) is 0.844. The lowest BCUT2D eigenvalue weighted by Gasteiger charge is -2.30. The number of aryl methyl sites for hydroxylation is 1.